The van der Waals surface area contributed by atoms with Gasteiger partial charge < -0.3 is 10.1 Å². The van der Waals surface area contributed by atoms with Gasteiger partial charge in [0.25, 0.3) is 0 Å². The van der Waals surface area contributed by atoms with Crippen LogP contribution in [0, 0.1) is 0 Å². The van der Waals surface area contributed by atoms with Gasteiger partial charge in [-0.15, -0.1) is 0 Å². The van der Waals surface area contributed by atoms with Gasteiger partial charge in [-0.25, -0.2) is 9.18 Å². The van der Waals surface area contributed by atoms with Crippen LogP contribution < -0.4 is 5.32 Å². The van der Waals surface area contributed by atoms with Crippen molar-refractivity contribution in [1.29, 1.82) is 0 Å². The van der Waals surface area contributed by atoms with E-state index in [-0.39, 0.29) is 12.1 Å². The molecule has 0 aliphatic carbocycles. The Morgan fingerprint density at radius 2 is 2.55 bits per heavy atom. The van der Waals surface area contributed by atoms with Gasteiger partial charge in [-0.2, -0.15) is 0 Å². The molecule has 11 heavy (non-hydrogen) atoms. The number of allylic oxidation sites excluding steroid dienone is 1. The van der Waals surface area contributed by atoms with Gasteiger partial charge in [0.15, 0.2) is 0 Å². The quantitative estimate of drug-likeness (QED) is 0.610. The number of rotatable bonds is 2. The van der Waals surface area contributed by atoms with E-state index in [1.807, 2.05) is 0 Å². The topological polar surface area (TPSA) is 38.3 Å². The molecule has 1 aliphatic heterocycles. The monoisotopic (exact) mass is 159 g/mol. The highest BCUT2D eigenvalue weighted by Crippen LogP contribution is 2.08. The number of hydrogen-bond donors (Lipinski definition) is 1. The van der Waals surface area contributed by atoms with Crippen LogP contribution in [0.3, 0.4) is 0 Å². The molecule has 0 aromatic rings. The first kappa shape index (κ1) is 8.04. The molecule has 2 atom stereocenters. The summed E-state index contributed by atoms with van der Waals surface area (Å²) in [4.78, 5) is 10.6. The van der Waals surface area contributed by atoms with Crippen LogP contribution in [-0.2, 0) is 4.74 Å². The van der Waals surface area contributed by atoms with Crippen LogP contribution >= 0.6 is 0 Å². The first-order chi connectivity index (χ1) is 5.24. The van der Waals surface area contributed by atoms with Gasteiger partial charge in [0, 0.05) is 0 Å². The molecule has 0 saturated carbocycles. The lowest BCUT2D eigenvalue weighted by atomic mass is 10.2. The van der Waals surface area contributed by atoms with E-state index in [2.05, 4.69) is 5.32 Å². The van der Waals surface area contributed by atoms with E-state index in [1.165, 1.54) is 6.08 Å². The van der Waals surface area contributed by atoms with E-state index in [0.29, 0.717) is 0 Å². The zero-order chi connectivity index (χ0) is 8.27. The second-order valence-electron chi connectivity index (χ2n) is 2.39. The van der Waals surface area contributed by atoms with Gasteiger partial charge in [-0.3, -0.25) is 0 Å². The third kappa shape index (κ3) is 1.93. The molecule has 62 valence electrons. The van der Waals surface area contributed by atoms with Crippen molar-refractivity contribution >= 4 is 6.09 Å². The number of alkyl carbamates (subject to hydrolysis) is 1. The summed E-state index contributed by atoms with van der Waals surface area (Å²) < 4.78 is 16.4. The van der Waals surface area contributed by atoms with E-state index in [4.69, 9.17) is 4.74 Å². The summed E-state index contributed by atoms with van der Waals surface area (Å²) in [6.45, 7) is 1.28. The second kappa shape index (κ2) is 3.37. The third-order valence-electron chi connectivity index (χ3n) is 1.50. The summed E-state index contributed by atoms with van der Waals surface area (Å²) in [5, 5.41) is 2.54. The Balaban J connectivity index is 2.46. The van der Waals surface area contributed by atoms with Gasteiger partial charge in [-0.1, -0.05) is 6.08 Å². The Bertz CT molecular complexity index is 181. The van der Waals surface area contributed by atoms with E-state index < -0.39 is 12.8 Å². The molecule has 1 N–H and O–H groups in total. The zero-order valence-corrected chi connectivity index (χ0v) is 6.21. The Hall–Kier alpha value is -1.06. The smallest absolute Gasteiger partial charge is 0.408 e. The minimum Gasteiger partial charge on any atom is -0.440 e. The van der Waals surface area contributed by atoms with Crippen LogP contribution in [0.4, 0.5) is 9.18 Å². The maximum Gasteiger partial charge on any atom is 0.408 e. The van der Waals surface area contributed by atoms with Crippen LogP contribution in [0.15, 0.2) is 12.2 Å². The summed E-state index contributed by atoms with van der Waals surface area (Å²) in [7, 11) is 0. The Morgan fingerprint density at radius 3 is 3.00 bits per heavy atom. The first-order valence-corrected chi connectivity index (χ1v) is 3.44. The van der Waals surface area contributed by atoms with Crippen molar-refractivity contribution in [3.63, 3.8) is 0 Å². The first-order valence-electron chi connectivity index (χ1n) is 3.44. The molecule has 0 aromatic carbocycles. The number of carbonyl (C=O) groups excluding carboxylic acids is 1. The Labute approximate surface area is 64.2 Å². The molecule has 0 aromatic heterocycles. The molecule has 0 spiro atoms. The summed E-state index contributed by atoms with van der Waals surface area (Å²) >= 11 is 0. The molecule has 1 amide bonds. The molecule has 4 heteroatoms. The number of carbonyl (C=O) groups is 1. The average Bonchev–Trinajstić information content (AvgIpc) is 2.26. The van der Waals surface area contributed by atoms with Gasteiger partial charge in [0.1, 0.15) is 12.8 Å². The maximum atomic E-state index is 11.6. The minimum absolute atomic E-state index is 0.0645. The van der Waals surface area contributed by atoms with Crippen LogP contribution in [0.5, 0.6) is 0 Å². The summed E-state index contributed by atoms with van der Waals surface area (Å²) in [5.41, 5.74) is 0. The molecule has 3 nitrogen and oxygen atoms in total. The van der Waals surface area contributed by atoms with E-state index in [0.717, 1.165) is 0 Å². The number of cyclic esters (lactones) is 1. The normalized spacial score (nSPS) is 30.5. The van der Waals surface area contributed by atoms with E-state index in [1.54, 1.807) is 13.0 Å². The van der Waals surface area contributed by atoms with Gasteiger partial charge in [0.05, 0.1) is 6.04 Å². The molecule has 1 saturated heterocycles. The molecule has 1 aliphatic rings. The molecule has 1 fully saturated rings. The lowest BCUT2D eigenvalue weighted by Crippen LogP contribution is -2.26. The van der Waals surface area contributed by atoms with Gasteiger partial charge in [0.2, 0.25) is 0 Å². The maximum absolute atomic E-state index is 11.6. The lowest BCUT2D eigenvalue weighted by Gasteiger charge is -2.05. The highest BCUT2D eigenvalue weighted by molar-refractivity contribution is 5.70. The third-order valence-corrected chi connectivity index (χ3v) is 1.50. The SMILES string of the molecule is C[C@@H]1NC(=O)OC1/C=C/CF. The van der Waals surface area contributed by atoms with Crippen LogP contribution in [0.25, 0.3) is 0 Å². The standard InChI is InChI=1S/C7H10FNO2/c1-5-6(3-2-4-8)11-7(10)9-5/h2-3,5-6H,4H2,1H3,(H,9,10)/b3-2+/t5-,6?/m0/s1. The largest absolute Gasteiger partial charge is 0.440 e. The van der Waals surface area contributed by atoms with Crippen molar-refractivity contribution in [2.75, 3.05) is 6.67 Å². The minimum atomic E-state index is -0.527. The van der Waals surface area contributed by atoms with Crippen molar-refractivity contribution < 1.29 is 13.9 Å². The Kier molecular flexibility index (Phi) is 2.46. The fraction of sp³-hybridized carbons (Fsp3) is 0.571. The fourth-order valence-corrected chi connectivity index (χ4v) is 0.919. The lowest BCUT2D eigenvalue weighted by molar-refractivity contribution is 0.154. The highest BCUT2D eigenvalue weighted by atomic mass is 19.1. The van der Waals surface area contributed by atoms with Crippen molar-refractivity contribution in [1.82, 2.24) is 5.32 Å². The molecular formula is C7H10FNO2. The van der Waals surface area contributed by atoms with E-state index in [9.17, 15) is 9.18 Å². The predicted molar refractivity (Wildman–Crippen MR) is 38.0 cm³/mol. The van der Waals surface area contributed by atoms with Crippen molar-refractivity contribution in [3.05, 3.63) is 12.2 Å². The van der Waals surface area contributed by atoms with Crippen LogP contribution in [-0.4, -0.2) is 24.9 Å². The molecule has 1 unspecified atom stereocenters. The molecule has 1 rings (SSSR count). The van der Waals surface area contributed by atoms with Crippen LogP contribution in [0.1, 0.15) is 6.92 Å². The van der Waals surface area contributed by atoms with E-state index >= 15 is 0 Å². The molecule has 0 radical (unpaired) electrons. The zero-order valence-electron chi connectivity index (χ0n) is 6.21. The predicted octanol–water partition coefficient (Wildman–Crippen LogP) is 1.01. The average molecular weight is 159 g/mol. The number of halogens is 1. The number of hydrogen-bond acceptors (Lipinski definition) is 2. The fourth-order valence-electron chi connectivity index (χ4n) is 0.919. The Morgan fingerprint density at radius 1 is 1.82 bits per heavy atom. The molecule has 1 heterocycles. The van der Waals surface area contributed by atoms with Gasteiger partial charge in [-0.05, 0) is 13.0 Å². The molecule has 0 bridgehead atoms. The summed E-state index contributed by atoms with van der Waals surface area (Å²) in [6.07, 6.45) is 2.12. The van der Waals surface area contributed by atoms with Crippen molar-refractivity contribution in [2.45, 2.75) is 19.1 Å². The van der Waals surface area contributed by atoms with Crippen molar-refractivity contribution in [2.24, 2.45) is 0 Å². The second-order valence-corrected chi connectivity index (χ2v) is 2.39. The van der Waals surface area contributed by atoms with Gasteiger partial charge >= 0.3 is 6.09 Å². The van der Waals surface area contributed by atoms with Crippen molar-refractivity contribution in [3.8, 4) is 0 Å². The highest BCUT2D eigenvalue weighted by Gasteiger charge is 2.27. The van der Waals surface area contributed by atoms with Crippen LogP contribution in [0.2, 0.25) is 0 Å². The summed E-state index contributed by atoms with van der Waals surface area (Å²) in [6, 6.07) is -0.0645. The summed E-state index contributed by atoms with van der Waals surface area (Å²) in [5.74, 6) is 0. The molecular weight excluding hydrogens is 149 g/mol. The number of ether oxygens (including phenoxy) is 1. The number of amides is 1. The number of alkyl halides is 1. The number of nitrogens with one attached hydrogen (secondary N) is 1.